The Kier molecular flexibility index (Phi) is 5.59. The fraction of sp³-hybridized carbons (Fsp3) is 0.846. The van der Waals surface area contributed by atoms with E-state index in [2.05, 4.69) is 10.6 Å². The van der Waals surface area contributed by atoms with Crippen LogP contribution in [-0.2, 0) is 9.59 Å². The van der Waals surface area contributed by atoms with Crippen molar-refractivity contribution in [2.75, 3.05) is 13.1 Å². The fourth-order valence-electron chi connectivity index (χ4n) is 2.48. The number of carboxylic acids is 1. The molecule has 1 saturated heterocycles. The molecule has 1 rings (SSSR count). The van der Waals surface area contributed by atoms with Crippen LogP contribution in [0.4, 0.5) is 0 Å². The van der Waals surface area contributed by atoms with Crippen LogP contribution >= 0.6 is 0 Å². The molecular formula is C13H24N2O3. The zero-order valence-corrected chi connectivity index (χ0v) is 11.3. The lowest BCUT2D eigenvalue weighted by Gasteiger charge is -2.36. The Balaban J connectivity index is 2.68. The molecule has 5 nitrogen and oxygen atoms in total. The number of nitrogens with one attached hydrogen (secondary N) is 2. The van der Waals surface area contributed by atoms with Gasteiger partial charge in [0.15, 0.2) is 0 Å². The zero-order chi connectivity index (χ0) is 13.6. The molecule has 1 unspecified atom stereocenters. The number of amides is 1. The minimum atomic E-state index is -0.944. The van der Waals surface area contributed by atoms with Crippen molar-refractivity contribution in [3.8, 4) is 0 Å². The van der Waals surface area contributed by atoms with Crippen LogP contribution in [0.2, 0.25) is 0 Å². The van der Waals surface area contributed by atoms with Crippen LogP contribution in [0.5, 0.6) is 0 Å². The quantitative estimate of drug-likeness (QED) is 0.666. The van der Waals surface area contributed by atoms with Gasteiger partial charge in [-0.25, -0.2) is 4.79 Å². The Morgan fingerprint density at radius 1 is 1.44 bits per heavy atom. The molecule has 0 saturated carbocycles. The molecule has 1 aliphatic heterocycles. The van der Waals surface area contributed by atoms with Gasteiger partial charge in [0.25, 0.3) is 0 Å². The Hall–Kier alpha value is -1.10. The second-order valence-electron chi connectivity index (χ2n) is 5.07. The highest BCUT2D eigenvalue weighted by Gasteiger charge is 2.39. The van der Waals surface area contributed by atoms with E-state index >= 15 is 0 Å². The first-order chi connectivity index (χ1) is 8.55. The minimum absolute atomic E-state index is 0.113. The Labute approximate surface area is 108 Å². The van der Waals surface area contributed by atoms with Gasteiger partial charge in [0.05, 0.1) is 5.41 Å². The van der Waals surface area contributed by atoms with E-state index in [-0.39, 0.29) is 5.91 Å². The van der Waals surface area contributed by atoms with Crippen molar-refractivity contribution in [1.82, 2.24) is 10.6 Å². The number of piperidine rings is 1. The van der Waals surface area contributed by atoms with Crippen molar-refractivity contribution in [1.29, 1.82) is 0 Å². The second kappa shape index (κ2) is 6.73. The Morgan fingerprint density at radius 3 is 2.61 bits per heavy atom. The van der Waals surface area contributed by atoms with Crippen molar-refractivity contribution < 1.29 is 14.7 Å². The van der Waals surface area contributed by atoms with Gasteiger partial charge in [0, 0.05) is 6.54 Å². The van der Waals surface area contributed by atoms with Gasteiger partial charge in [0.1, 0.15) is 6.04 Å². The third-order valence-corrected chi connectivity index (χ3v) is 3.81. The van der Waals surface area contributed by atoms with Crippen molar-refractivity contribution in [2.24, 2.45) is 5.41 Å². The van der Waals surface area contributed by atoms with Gasteiger partial charge < -0.3 is 15.7 Å². The Bertz CT molecular complexity index is 299. The van der Waals surface area contributed by atoms with E-state index in [0.717, 1.165) is 32.2 Å². The largest absolute Gasteiger partial charge is 0.480 e. The van der Waals surface area contributed by atoms with Gasteiger partial charge in [-0.1, -0.05) is 20.3 Å². The van der Waals surface area contributed by atoms with Crippen LogP contribution < -0.4 is 10.6 Å². The number of aliphatic carboxylic acids is 1. The van der Waals surface area contributed by atoms with Crippen molar-refractivity contribution in [2.45, 2.75) is 52.0 Å². The number of hydrogen-bond acceptors (Lipinski definition) is 3. The summed E-state index contributed by atoms with van der Waals surface area (Å²) in [6, 6.07) is -0.757. The highest BCUT2D eigenvalue weighted by atomic mass is 16.4. The summed E-state index contributed by atoms with van der Waals surface area (Å²) in [5.41, 5.74) is -0.431. The van der Waals surface area contributed by atoms with Crippen LogP contribution in [0, 0.1) is 5.41 Å². The Morgan fingerprint density at radius 2 is 2.17 bits per heavy atom. The molecule has 104 valence electrons. The summed E-state index contributed by atoms with van der Waals surface area (Å²) in [6.45, 7) is 5.49. The van der Waals surface area contributed by atoms with Crippen molar-refractivity contribution >= 4 is 11.9 Å². The summed E-state index contributed by atoms with van der Waals surface area (Å²) in [7, 11) is 0. The molecule has 0 bridgehead atoms. The number of carbonyl (C=O) groups is 2. The first-order valence-corrected chi connectivity index (χ1v) is 6.80. The van der Waals surface area contributed by atoms with Gasteiger partial charge in [-0.2, -0.15) is 0 Å². The summed E-state index contributed by atoms with van der Waals surface area (Å²) in [5.74, 6) is -1.06. The molecule has 5 heteroatoms. The molecule has 1 fully saturated rings. The van der Waals surface area contributed by atoms with E-state index < -0.39 is 17.4 Å². The first-order valence-electron chi connectivity index (χ1n) is 6.80. The molecule has 3 N–H and O–H groups in total. The van der Waals surface area contributed by atoms with Gasteiger partial charge in [-0.05, 0) is 32.2 Å². The lowest BCUT2D eigenvalue weighted by atomic mass is 9.77. The topological polar surface area (TPSA) is 78.4 Å². The van der Waals surface area contributed by atoms with Gasteiger partial charge in [0.2, 0.25) is 5.91 Å². The van der Waals surface area contributed by atoms with Crippen molar-refractivity contribution in [3.63, 3.8) is 0 Å². The number of hydrogen-bond donors (Lipinski definition) is 3. The molecule has 0 aromatic heterocycles. The fourth-order valence-corrected chi connectivity index (χ4v) is 2.48. The molecule has 0 aromatic carbocycles. The summed E-state index contributed by atoms with van der Waals surface area (Å²) in [4.78, 5) is 23.4. The van der Waals surface area contributed by atoms with E-state index in [0.29, 0.717) is 13.0 Å². The molecule has 0 aromatic rings. The third-order valence-electron chi connectivity index (χ3n) is 3.81. The molecule has 18 heavy (non-hydrogen) atoms. The lowest BCUT2D eigenvalue weighted by molar-refractivity contribution is -0.144. The molecule has 0 spiro atoms. The summed E-state index contributed by atoms with van der Waals surface area (Å²) < 4.78 is 0. The maximum absolute atomic E-state index is 12.3. The first kappa shape index (κ1) is 15.0. The van der Waals surface area contributed by atoms with E-state index in [1.807, 2.05) is 13.8 Å². The molecular weight excluding hydrogens is 232 g/mol. The zero-order valence-electron chi connectivity index (χ0n) is 11.3. The lowest BCUT2D eigenvalue weighted by Crippen LogP contribution is -2.54. The molecule has 1 amide bonds. The smallest absolute Gasteiger partial charge is 0.326 e. The normalized spacial score (nSPS) is 25.4. The number of rotatable bonds is 6. The average Bonchev–Trinajstić information content (AvgIpc) is 2.38. The van der Waals surface area contributed by atoms with E-state index in [4.69, 9.17) is 5.11 Å². The average molecular weight is 256 g/mol. The second-order valence-corrected chi connectivity index (χ2v) is 5.07. The molecule has 1 heterocycles. The summed E-state index contributed by atoms with van der Waals surface area (Å²) >= 11 is 0. The van der Waals surface area contributed by atoms with Gasteiger partial charge in [-0.3, -0.25) is 4.79 Å². The maximum atomic E-state index is 12.3. The van der Waals surface area contributed by atoms with Crippen LogP contribution in [-0.4, -0.2) is 36.1 Å². The molecule has 1 aliphatic rings. The van der Waals surface area contributed by atoms with Gasteiger partial charge >= 0.3 is 5.97 Å². The van der Waals surface area contributed by atoms with Crippen LogP contribution in [0.25, 0.3) is 0 Å². The maximum Gasteiger partial charge on any atom is 0.326 e. The van der Waals surface area contributed by atoms with E-state index in [1.54, 1.807) is 0 Å². The standard InChI is InChI=1S/C13H24N2O3/c1-3-6-10(11(16)17)15-12(18)13(4-2)7-5-8-14-9-13/h10,14H,3-9H2,1-2H3,(H,15,18)(H,16,17)/t10-,13?/m1/s1. The predicted octanol–water partition coefficient (Wildman–Crippen LogP) is 1.14. The van der Waals surface area contributed by atoms with E-state index in [9.17, 15) is 9.59 Å². The SMILES string of the molecule is CCC[C@@H](NC(=O)C1(CC)CCCNC1)C(=O)O. The van der Waals surface area contributed by atoms with Gasteiger partial charge in [-0.15, -0.1) is 0 Å². The highest BCUT2D eigenvalue weighted by Crippen LogP contribution is 2.30. The highest BCUT2D eigenvalue weighted by molar-refractivity contribution is 5.87. The van der Waals surface area contributed by atoms with Crippen LogP contribution in [0.1, 0.15) is 46.0 Å². The summed E-state index contributed by atoms with van der Waals surface area (Å²) in [6.07, 6.45) is 3.76. The molecule has 0 aliphatic carbocycles. The van der Waals surface area contributed by atoms with E-state index in [1.165, 1.54) is 0 Å². The predicted molar refractivity (Wildman–Crippen MR) is 69.3 cm³/mol. The van der Waals surface area contributed by atoms with Crippen LogP contribution in [0.3, 0.4) is 0 Å². The van der Waals surface area contributed by atoms with Crippen molar-refractivity contribution in [3.05, 3.63) is 0 Å². The minimum Gasteiger partial charge on any atom is -0.480 e. The number of carbonyl (C=O) groups excluding carboxylic acids is 1. The third kappa shape index (κ3) is 3.45. The van der Waals surface area contributed by atoms with Crippen LogP contribution in [0.15, 0.2) is 0 Å². The number of carboxylic acid groups (broad SMARTS) is 1. The molecule has 0 radical (unpaired) electrons. The molecule has 2 atom stereocenters. The monoisotopic (exact) mass is 256 g/mol. The summed E-state index contributed by atoms with van der Waals surface area (Å²) in [5, 5.41) is 15.0.